The normalized spacial score (nSPS) is 14.4. The van der Waals surface area contributed by atoms with Gasteiger partial charge in [-0.15, -0.1) is 0 Å². The highest BCUT2D eigenvalue weighted by Crippen LogP contribution is 2.27. The molecule has 0 spiro atoms. The molecule has 22 heavy (non-hydrogen) atoms. The first-order valence-electron chi connectivity index (χ1n) is 6.94. The molecule has 0 fully saturated rings. The molecule has 3 rings (SSSR count). The van der Waals surface area contributed by atoms with Crippen LogP contribution in [0.2, 0.25) is 0 Å². The van der Waals surface area contributed by atoms with Gasteiger partial charge in [0.05, 0.1) is 23.4 Å². The zero-order valence-electron chi connectivity index (χ0n) is 12.2. The number of benzene rings is 2. The maximum atomic E-state index is 12.5. The lowest BCUT2D eigenvalue weighted by Crippen LogP contribution is -2.31. The Labute approximate surface area is 128 Å². The zero-order valence-corrected chi connectivity index (χ0v) is 12.2. The lowest BCUT2D eigenvalue weighted by Gasteiger charge is -2.17. The number of methoxy groups -OCH3 is 1. The van der Waals surface area contributed by atoms with Crippen LogP contribution in [0.1, 0.15) is 26.3 Å². The van der Waals surface area contributed by atoms with Crippen LogP contribution in [-0.2, 0) is 4.74 Å². The lowest BCUT2D eigenvalue weighted by molar-refractivity contribution is 0.0676. The molecule has 2 aromatic rings. The number of fused-ring (bicyclic) bond motifs is 1. The standard InChI is InChI=1S/C18H15NO3/c1-22-12-14(11-13-7-3-2-4-8-13)19-17(20)15-9-5-6-10-16(15)18(19)21/h2-11H,12H2,1H3/b14-11-. The molecular formula is C18H15NO3. The molecule has 0 radical (unpaired) electrons. The smallest absolute Gasteiger partial charge is 0.265 e. The van der Waals surface area contributed by atoms with Crippen molar-refractivity contribution in [3.05, 3.63) is 77.0 Å². The first kappa shape index (κ1) is 14.2. The van der Waals surface area contributed by atoms with Gasteiger partial charge >= 0.3 is 0 Å². The number of amides is 2. The lowest BCUT2D eigenvalue weighted by atomic mass is 10.1. The van der Waals surface area contributed by atoms with Crippen LogP contribution in [0.4, 0.5) is 0 Å². The van der Waals surface area contributed by atoms with E-state index in [9.17, 15) is 9.59 Å². The van der Waals surface area contributed by atoms with Crippen molar-refractivity contribution in [2.75, 3.05) is 13.7 Å². The minimum atomic E-state index is -0.306. The van der Waals surface area contributed by atoms with Gasteiger partial charge in [-0.2, -0.15) is 0 Å². The summed E-state index contributed by atoms with van der Waals surface area (Å²) in [4.78, 5) is 26.2. The van der Waals surface area contributed by atoms with Gasteiger partial charge in [0.2, 0.25) is 0 Å². The monoisotopic (exact) mass is 293 g/mol. The summed E-state index contributed by atoms with van der Waals surface area (Å²) in [5, 5.41) is 0. The van der Waals surface area contributed by atoms with E-state index in [1.54, 1.807) is 30.3 Å². The van der Waals surface area contributed by atoms with Gasteiger partial charge in [-0.25, -0.2) is 4.90 Å². The van der Waals surface area contributed by atoms with Crippen molar-refractivity contribution in [2.45, 2.75) is 0 Å². The maximum absolute atomic E-state index is 12.5. The van der Waals surface area contributed by atoms with E-state index in [2.05, 4.69) is 0 Å². The van der Waals surface area contributed by atoms with Crippen LogP contribution in [0.5, 0.6) is 0 Å². The highest BCUT2D eigenvalue weighted by molar-refractivity contribution is 6.22. The summed E-state index contributed by atoms with van der Waals surface area (Å²) in [6, 6.07) is 16.4. The molecule has 0 bridgehead atoms. The third-order valence-corrected chi connectivity index (χ3v) is 3.51. The Bertz CT molecular complexity index is 715. The number of carbonyl (C=O) groups excluding carboxylic acids is 2. The fourth-order valence-electron chi connectivity index (χ4n) is 2.51. The first-order chi connectivity index (χ1) is 10.7. The summed E-state index contributed by atoms with van der Waals surface area (Å²) in [6.45, 7) is 0.181. The van der Waals surface area contributed by atoms with Gasteiger partial charge in [0.15, 0.2) is 0 Å². The molecule has 0 N–H and O–H groups in total. The van der Waals surface area contributed by atoms with E-state index in [0.717, 1.165) is 5.56 Å². The van der Waals surface area contributed by atoms with Crippen molar-refractivity contribution in [2.24, 2.45) is 0 Å². The van der Waals surface area contributed by atoms with Gasteiger partial charge in [0.25, 0.3) is 11.8 Å². The molecule has 110 valence electrons. The third-order valence-electron chi connectivity index (χ3n) is 3.51. The minimum Gasteiger partial charge on any atom is -0.378 e. The van der Waals surface area contributed by atoms with E-state index in [1.165, 1.54) is 12.0 Å². The molecule has 0 aromatic heterocycles. The van der Waals surface area contributed by atoms with Gasteiger partial charge in [0, 0.05) is 7.11 Å². The number of hydrogen-bond donors (Lipinski definition) is 0. The summed E-state index contributed by atoms with van der Waals surface area (Å²) in [7, 11) is 1.54. The predicted octanol–water partition coefficient (Wildman–Crippen LogP) is 2.97. The highest BCUT2D eigenvalue weighted by atomic mass is 16.5. The SMILES string of the molecule is COC/C(=C/c1ccccc1)N1C(=O)c2ccccc2C1=O. The molecule has 1 aliphatic heterocycles. The Hall–Kier alpha value is -2.72. The average Bonchev–Trinajstić information content (AvgIpc) is 2.80. The summed E-state index contributed by atoms with van der Waals surface area (Å²) in [5.41, 5.74) is 2.30. The second kappa shape index (κ2) is 5.95. The number of nitrogens with zero attached hydrogens (tertiary/aromatic N) is 1. The maximum Gasteiger partial charge on any atom is 0.265 e. The van der Waals surface area contributed by atoms with Crippen LogP contribution in [0.25, 0.3) is 6.08 Å². The van der Waals surface area contributed by atoms with E-state index in [4.69, 9.17) is 4.74 Å². The topological polar surface area (TPSA) is 46.6 Å². The Balaban J connectivity index is 2.02. The number of imide groups is 1. The highest BCUT2D eigenvalue weighted by Gasteiger charge is 2.37. The molecule has 0 unspecified atom stereocenters. The molecule has 0 saturated carbocycles. The van der Waals surface area contributed by atoms with E-state index in [-0.39, 0.29) is 18.4 Å². The van der Waals surface area contributed by atoms with Crippen molar-refractivity contribution >= 4 is 17.9 Å². The second-order valence-electron chi connectivity index (χ2n) is 4.97. The molecule has 1 heterocycles. The number of ether oxygens (including phenoxy) is 1. The van der Waals surface area contributed by atoms with Crippen LogP contribution >= 0.6 is 0 Å². The Morgan fingerprint density at radius 1 is 0.955 bits per heavy atom. The van der Waals surface area contributed by atoms with Crippen molar-refractivity contribution in [1.82, 2.24) is 4.90 Å². The summed E-state index contributed by atoms with van der Waals surface area (Å²) in [6.07, 6.45) is 1.80. The predicted molar refractivity (Wildman–Crippen MR) is 83.2 cm³/mol. The van der Waals surface area contributed by atoms with Crippen LogP contribution < -0.4 is 0 Å². The third kappa shape index (κ3) is 2.44. The van der Waals surface area contributed by atoms with Gasteiger partial charge in [-0.1, -0.05) is 42.5 Å². The Morgan fingerprint density at radius 3 is 2.05 bits per heavy atom. The fraction of sp³-hybridized carbons (Fsp3) is 0.111. The molecule has 0 aliphatic carbocycles. The minimum absolute atomic E-state index is 0.181. The van der Waals surface area contributed by atoms with Crippen molar-refractivity contribution < 1.29 is 14.3 Å². The van der Waals surface area contributed by atoms with Crippen molar-refractivity contribution in [3.8, 4) is 0 Å². The van der Waals surface area contributed by atoms with Crippen LogP contribution in [0.15, 0.2) is 60.3 Å². The Morgan fingerprint density at radius 2 is 1.50 bits per heavy atom. The van der Waals surface area contributed by atoms with Gasteiger partial charge < -0.3 is 4.74 Å². The largest absolute Gasteiger partial charge is 0.378 e. The molecule has 4 heteroatoms. The molecule has 1 aliphatic rings. The number of hydrogen-bond acceptors (Lipinski definition) is 3. The molecule has 2 aromatic carbocycles. The molecule has 4 nitrogen and oxygen atoms in total. The summed E-state index contributed by atoms with van der Waals surface area (Å²) in [5.74, 6) is -0.611. The van der Waals surface area contributed by atoms with E-state index < -0.39 is 0 Å². The van der Waals surface area contributed by atoms with E-state index in [0.29, 0.717) is 16.8 Å². The average molecular weight is 293 g/mol. The van der Waals surface area contributed by atoms with E-state index >= 15 is 0 Å². The van der Waals surface area contributed by atoms with E-state index in [1.807, 2.05) is 30.3 Å². The van der Waals surface area contributed by atoms with Crippen LogP contribution in [0.3, 0.4) is 0 Å². The molecule has 2 amide bonds. The quantitative estimate of drug-likeness (QED) is 0.814. The van der Waals surface area contributed by atoms with Crippen LogP contribution in [0, 0.1) is 0 Å². The number of rotatable bonds is 4. The Kier molecular flexibility index (Phi) is 3.85. The van der Waals surface area contributed by atoms with Crippen molar-refractivity contribution in [3.63, 3.8) is 0 Å². The van der Waals surface area contributed by atoms with Gasteiger partial charge in [-0.3, -0.25) is 9.59 Å². The fourth-order valence-corrected chi connectivity index (χ4v) is 2.51. The number of carbonyl (C=O) groups is 2. The molecular weight excluding hydrogens is 278 g/mol. The van der Waals surface area contributed by atoms with Crippen molar-refractivity contribution in [1.29, 1.82) is 0 Å². The zero-order chi connectivity index (χ0) is 15.5. The summed E-state index contributed by atoms with van der Waals surface area (Å²) >= 11 is 0. The van der Waals surface area contributed by atoms with Gasteiger partial charge in [0.1, 0.15) is 0 Å². The first-order valence-corrected chi connectivity index (χ1v) is 6.94. The summed E-state index contributed by atoms with van der Waals surface area (Å²) < 4.78 is 5.17. The van der Waals surface area contributed by atoms with Crippen LogP contribution in [-0.4, -0.2) is 30.4 Å². The molecule has 0 saturated heterocycles. The van der Waals surface area contributed by atoms with Gasteiger partial charge in [-0.05, 0) is 23.8 Å². The molecule has 0 atom stereocenters. The second-order valence-corrected chi connectivity index (χ2v) is 4.97.